The van der Waals surface area contributed by atoms with Crippen molar-refractivity contribution in [2.24, 2.45) is 0 Å². The minimum atomic E-state index is -3.87. The highest BCUT2D eigenvalue weighted by atomic mass is 35.5. The van der Waals surface area contributed by atoms with Crippen molar-refractivity contribution in [1.82, 2.24) is 14.5 Å². The number of nitrogens with zero attached hydrogens (tertiary/aromatic N) is 2. The zero-order valence-electron chi connectivity index (χ0n) is 18.8. The average Bonchev–Trinajstić information content (AvgIpc) is 2.75. The lowest BCUT2D eigenvalue weighted by Gasteiger charge is -2.32. The van der Waals surface area contributed by atoms with Gasteiger partial charge < -0.3 is 10.2 Å². The summed E-state index contributed by atoms with van der Waals surface area (Å²) in [5.74, 6) is -0.777. The van der Waals surface area contributed by atoms with Crippen molar-refractivity contribution in [1.29, 1.82) is 0 Å². The van der Waals surface area contributed by atoms with Crippen LogP contribution < -0.4 is 5.32 Å². The van der Waals surface area contributed by atoms with Gasteiger partial charge in [-0.25, -0.2) is 8.42 Å². The molecule has 0 saturated carbocycles. The Balaban J connectivity index is 2.33. The number of carbonyl (C=O) groups is 2. The first-order valence-corrected chi connectivity index (χ1v) is 12.3. The summed E-state index contributed by atoms with van der Waals surface area (Å²) in [6, 6.07) is 12.7. The van der Waals surface area contributed by atoms with E-state index in [1.165, 1.54) is 24.1 Å². The lowest BCUT2D eigenvalue weighted by atomic mass is 10.1. The van der Waals surface area contributed by atoms with Crippen molar-refractivity contribution in [2.45, 2.75) is 44.7 Å². The van der Waals surface area contributed by atoms with Gasteiger partial charge in [-0.3, -0.25) is 9.59 Å². The van der Waals surface area contributed by atoms with Gasteiger partial charge in [0.05, 0.1) is 11.4 Å². The molecule has 2 aromatic carbocycles. The van der Waals surface area contributed by atoms with E-state index in [0.717, 1.165) is 9.87 Å². The maximum atomic E-state index is 13.3. The van der Waals surface area contributed by atoms with E-state index in [-0.39, 0.29) is 17.3 Å². The maximum absolute atomic E-state index is 13.3. The number of sulfonamides is 1. The molecule has 2 rings (SSSR count). The van der Waals surface area contributed by atoms with Crippen molar-refractivity contribution in [3.63, 3.8) is 0 Å². The summed E-state index contributed by atoms with van der Waals surface area (Å²) in [5, 5.41) is 3.22. The van der Waals surface area contributed by atoms with Gasteiger partial charge in [-0.2, -0.15) is 4.31 Å². The zero-order chi connectivity index (χ0) is 23.9. The van der Waals surface area contributed by atoms with E-state index in [0.29, 0.717) is 23.6 Å². The third-order valence-corrected chi connectivity index (χ3v) is 7.31. The number of likely N-dealkylation sites (N-methyl/N-ethyl adjacent to an activating group) is 2. The molecule has 9 heteroatoms. The standard InChI is InChI=1S/C23H30ClN3O4S/c1-5-21(23(29)25-6-2)27(15-18-9-7-8-10-20(18)24)22(28)16-26(4)32(30,31)19-13-11-17(3)12-14-19/h7-14,21H,5-6,15-16H2,1-4H3,(H,25,29)/t21-/m0/s1. The molecule has 0 spiro atoms. The number of amides is 2. The number of hydrogen-bond acceptors (Lipinski definition) is 4. The molecule has 2 aromatic rings. The van der Waals surface area contributed by atoms with Gasteiger partial charge in [0.25, 0.3) is 0 Å². The SMILES string of the molecule is CCNC(=O)[C@H](CC)N(Cc1ccccc1Cl)C(=O)CN(C)S(=O)(=O)c1ccc(C)cc1. The van der Waals surface area contributed by atoms with Crippen molar-refractivity contribution in [3.8, 4) is 0 Å². The molecule has 0 radical (unpaired) electrons. The molecule has 0 aliphatic heterocycles. The van der Waals surface area contributed by atoms with Crippen LogP contribution in [0.1, 0.15) is 31.4 Å². The van der Waals surface area contributed by atoms with Gasteiger partial charge in [-0.1, -0.05) is 54.4 Å². The number of carbonyl (C=O) groups excluding carboxylic acids is 2. The van der Waals surface area contributed by atoms with E-state index in [1.54, 1.807) is 50.2 Å². The summed E-state index contributed by atoms with van der Waals surface area (Å²) in [7, 11) is -2.51. The molecule has 174 valence electrons. The molecular formula is C23H30ClN3O4S. The topological polar surface area (TPSA) is 86.8 Å². The molecule has 2 amide bonds. The van der Waals surface area contributed by atoms with Gasteiger partial charge in [-0.05, 0) is 44.0 Å². The highest BCUT2D eigenvalue weighted by Gasteiger charge is 2.31. The summed E-state index contributed by atoms with van der Waals surface area (Å²) in [6.07, 6.45) is 0.371. The van der Waals surface area contributed by atoms with Crippen LogP contribution in [-0.4, -0.2) is 55.6 Å². The fraction of sp³-hybridized carbons (Fsp3) is 0.391. The van der Waals surface area contributed by atoms with Crippen LogP contribution >= 0.6 is 11.6 Å². The number of halogens is 1. The van der Waals surface area contributed by atoms with Crippen molar-refractivity contribution in [3.05, 3.63) is 64.7 Å². The second kappa shape index (κ2) is 11.4. The summed E-state index contributed by atoms with van der Waals surface area (Å²) >= 11 is 6.29. The smallest absolute Gasteiger partial charge is 0.243 e. The normalized spacial score (nSPS) is 12.4. The lowest BCUT2D eigenvalue weighted by Crippen LogP contribution is -2.51. The Bertz CT molecular complexity index is 1040. The predicted octanol–water partition coefficient (Wildman–Crippen LogP) is 3.21. The number of hydrogen-bond donors (Lipinski definition) is 1. The molecule has 0 saturated heterocycles. The van der Waals surface area contributed by atoms with Crippen LogP contribution in [0.5, 0.6) is 0 Å². The Morgan fingerprint density at radius 3 is 2.25 bits per heavy atom. The molecule has 7 nitrogen and oxygen atoms in total. The van der Waals surface area contributed by atoms with E-state index in [2.05, 4.69) is 5.32 Å². The summed E-state index contributed by atoms with van der Waals surface area (Å²) < 4.78 is 26.9. The van der Waals surface area contributed by atoms with Crippen LogP contribution in [0.4, 0.5) is 0 Å². The number of rotatable bonds is 10. The van der Waals surface area contributed by atoms with Crippen LogP contribution in [0.15, 0.2) is 53.4 Å². The lowest BCUT2D eigenvalue weighted by molar-refractivity contribution is -0.141. The first-order valence-electron chi connectivity index (χ1n) is 10.4. The van der Waals surface area contributed by atoms with Crippen molar-refractivity contribution in [2.75, 3.05) is 20.1 Å². The van der Waals surface area contributed by atoms with Gasteiger partial charge in [0.15, 0.2) is 0 Å². The summed E-state index contributed by atoms with van der Waals surface area (Å²) in [4.78, 5) is 27.5. The molecule has 0 aliphatic carbocycles. The van der Waals surface area contributed by atoms with Gasteiger partial charge in [0, 0.05) is 25.2 Å². The fourth-order valence-corrected chi connectivity index (χ4v) is 4.59. The van der Waals surface area contributed by atoms with E-state index < -0.39 is 28.5 Å². The van der Waals surface area contributed by atoms with E-state index in [1.807, 2.05) is 6.92 Å². The predicted molar refractivity (Wildman–Crippen MR) is 126 cm³/mol. The van der Waals surface area contributed by atoms with Crippen LogP contribution in [0, 0.1) is 6.92 Å². The quantitative estimate of drug-likeness (QED) is 0.566. The van der Waals surface area contributed by atoms with Gasteiger partial charge in [0.2, 0.25) is 21.8 Å². The number of benzene rings is 2. The number of nitrogens with one attached hydrogen (secondary N) is 1. The van der Waals surface area contributed by atoms with Crippen LogP contribution in [0.25, 0.3) is 0 Å². The molecule has 32 heavy (non-hydrogen) atoms. The van der Waals surface area contributed by atoms with Gasteiger partial charge in [0.1, 0.15) is 6.04 Å². The Labute approximate surface area is 195 Å². The Kier molecular flexibility index (Phi) is 9.24. The Morgan fingerprint density at radius 1 is 1.06 bits per heavy atom. The Hall–Kier alpha value is -2.42. The summed E-state index contributed by atoms with van der Waals surface area (Å²) in [5.41, 5.74) is 1.61. The number of aryl methyl sites for hydroxylation is 1. The maximum Gasteiger partial charge on any atom is 0.243 e. The first kappa shape index (κ1) is 25.8. The largest absolute Gasteiger partial charge is 0.355 e. The minimum absolute atomic E-state index is 0.0898. The molecule has 0 fully saturated rings. The van der Waals surface area contributed by atoms with Gasteiger partial charge in [-0.15, -0.1) is 0 Å². The molecule has 0 aromatic heterocycles. The fourth-order valence-electron chi connectivity index (χ4n) is 3.28. The van der Waals surface area contributed by atoms with Crippen LogP contribution in [0.3, 0.4) is 0 Å². The monoisotopic (exact) mass is 479 g/mol. The highest BCUT2D eigenvalue weighted by Crippen LogP contribution is 2.21. The molecule has 1 N–H and O–H groups in total. The molecule has 0 heterocycles. The van der Waals surface area contributed by atoms with Crippen LogP contribution in [0.2, 0.25) is 5.02 Å². The summed E-state index contributed by atoms with van der Waals surface area (Å²) in [6.45, 7) is 5.57. The first-order chi connectivity index (χ1) is 15.1. The second-order valence-corrected chi connectivity index (χ2v) is 9.96. The third kappa shape index (κ3) is 6.31. The second-order valence-electron chi connectivity index (χ2n) is 7.51. The Morgan fingerprint density at radius 2 is 1.69 bits per heavy atom. The van der Waals surface area contributed by atoms with E-state index in [9.17, 15) is 18.0 Å². The third-order valence-electron chi connectivity index (χ3n) is 5.12. The van der Waals surface area contributed by atoms with E-state index in [4.69, 9.17) is 11.6 Å². The van der Waals surface area contributed by atoms with Crippen molar-refractivity contribution >= 4 is 33.4 Å². The minimum Gasteiger partial charge on any atom is -0.355 e. The zero-order valence-corrected chi connectivity index (χ0v) is 20.4. The molecule has 0 unspecified atom stereocenters. The van der Waals surface area contributed by atoms with Crippen molar-refractivity contribution < 1.29 is 18.0 Å². The average molecular weight is 480 g/mol. The highest BCUT2D eigenvalue weighted by molar-refractivity contribution is 7.89. The molecule has 0 bridgehead atoms. The molecule has 1 atom stereocenters. The van der Waals surface area contributed by atoms with Gasteiger partial charge >= 0.3 is 0 Å². The molecular weight excluding hydrogens is 450 g/mol. The van der Waals surface area contributed by atoms with Crippen LogP contribution in [-0.2, 0) is 26.2 Å². The molecule has 0 aliphatic rings. The van der Waals surface area contributed by atoms with E-state index >= 15 is 0 Å².